The van der Waals surface area contributed by atoms with E-state index in [2.05, 4.69) is 27.3 Å². The van der Waals surface area contributed by atoms with Gasteiger partial charge in [-0.05, 0) is 68.0 Å². The van der Waals surface area contributed by atoms with E-state index in [9.17, 15) is 9.18 Å². The summed E-state index contributed by atoms with van der Waals surface area (Å²) in [6, 6.07) is 13.7. The Hall–Kier alpha value is -2.97. The highest BCUT2D eigenvalue weighted by molar-refractivity contribution is 7.18. The fourth-order valence-electron chi connectivity index (χ4n) is 4.05. The van der Waals surface area contributed by atoms with Crippen molar-refractivity contribution in [3.05, 3.63) is 64.8 Å². The first-order valence-corrected chi connectivity index (χ1v) is 11.6. The highest BCUT2D eigenvalue weighted by Crippen LogP contribution is 2.31. The molecule has 4 rings (SSSR count). The van der Waals surface area contributed by atoms with Gasteiger partial charge in [-0.1, -0.05) is 23.5 Å². The van der Waals surface area contributed by atoms with Crippen LogP contribution in [0.25, 0.3) is 0 Å². The van der Waals surface area contributed by atoms with Crippen LogP contribution < -0.4 is 16.0 Å². The number of halogens is 1. The number of anilines is 4. The first-order valence-electron chi connectivity index (χ1n) is 10.8. The Morgan fingerprint density at radius 1 is 1.22 bits per heavy atom. The fraction of sp³-hybridized carbons (Fsp3) is 0.333. The van der Waals surface area contributed by atoms with E-state index in [4.69, 9.17) is 10.8 Å². The Morgan fingerprint density at radius 2 is 1.97 bits per heavy atom. The van der Waals surface area contributed by atoms with Crippen molar-refractivity contribution in [2.24, 2.45) is 5.92 Å². The molecule has 1 aliphatic heterocycles. The molecule has 1 aliphatic rings. The van der Waals surface area contributed by atoms with Crippen LogP contribution in [-0.4, -0.2) is 35.6 Å². The average Bonchev–Trinajstić information content (AvgIpc) is 3.18. The quantitative estimate of drug-likeness (QED) is 0.423. The normalized spacial score (nSPS) is 14.5. The van der Waals surface area contributed by atoms with Gasteiger partial charge in [0.15, 0.2) is 5.13 Å². The number of carbonyl (C=O) groups is 1. The number of ketones is 1. The van der Waals surface area contributed by atoms with Crippen LogP contribution >= 0.6 is 11.3 Å². The molecule has 4 N–H and O–H groups in total. The number of hydrogen-bond acceptors (Lipinski definition) is 7. The standard InChI is InChI=1S/C24H27FN4O2S/c25-18-5-1-4-17(15-18)21(31)22-23(26)28-24(32-22)27-19-6-8-20(9-7-19)29-12-10-16(11-13-29)3-2-14-30/h1,4-9,15-16,30H,2-3,10-14,26H2,(H,27,28). The van der Waals surface area contributed by atoms with Crippen molar-refractivity contribution in [1.29, 1.82) is 0 Å². The predicted molar refractivity (Wildman–Crippen MR) is 127 cm³/mol. The molecule has 6 nitrogen and oxygen atoms in total. The molecule has 0 bridgehead atoms. The molecule has 168 valence electrons. The predicted octanol–water partition coefficient (Wildman–Crippen LogP) is 4.83. The third-order valence-corrected chi connectivity index (χ3v) is 6.80. The largest absolute Gasteiger partial charge is 0.396 e. The van der Waals surface area contributed by atoms with Crippen molar-refractivity contribution in [3.8, 4) is 0 Å². The smallest absolute Gasteiger partial charge is 0.206 e. The van der Waals surface area contributed by atoms with Crippen LogP contribution in [0.4, 0.5) is 26.7 Å². The number of aromatic nitrogens is 1. The molecule has 2 heterocycles. The number of hydrogen-bond donors (Lipinski definition) is 3. The summed E-state index contributed by atoms with van der Waals surface area (Å²) in [4.78, 5) is 19.6. The van der Waals surface area contributed by atoms with E-state index in [-0.39, 0.29) is 23.8 Å². The van der Waals surface area contributed by atoms with Crippen LogP contribution in [0.15, 0.2) is 48.5 Å². The second-order valence-electron chi connectivity index (χ2n) is 8.04. The lowest BCUT2D eigenvalue weighted by molar-refractivity contribution is 0.104. The van der Waals surface area contributed by atoms with E-state index in [1.807, 2.05) is 12.1 Å². The van der Waals surface area contributed by atoms with Gasteiger partial charge in [-0.2, -0.15) is 0 Å². The van der Waals surface area contributed by atoms with Crippen LogP contribution in [0.1, 0.15) is 40.9 Å². The van der Waals surface area contributed by atoms with Crippen LogP contribution in [0.2, 0.25) is 0 Å². The number of piperidine rings is 1. The number of nitrogens with two attached hydrogens (primary N) is 1. The van der Waals surface area contributed by atoms with Crippen molar-refractivity contribution >= 4 is 39.4 Å². The van der Waals surface area contributed by atoms with Crippen LogP contribution in [0, 0.1) is 11.7 Å². The van der Waals surface area contributed by atoms with Crippen molar-refractivity contribution in [3.63, 3.8) is 0 Å². The summed E-state index contributed by atoms with van der Waals surface area (Å²) < 4.78 is 13.5. The second kappa shape index (κ2) is 10.1. The topological polar surface area (TPSA) is 91.5 Å². The molecule has 0 spiro atoms. The van der Waals surface area contributed by atoms with Gasteiger partial charge in [0.05, 0.1) is 0 Å². The molecule has 0 amide bonds. The van der Waals surface area contributed by atoms with Crippen molar-refractivity contribution in [2.45, 2.75) is 25.7 Å². The van der Waals surface area contributed by atoms with Crippen LogP contribution in [0.3, 0.4) is 0 Å². The lowest BCUT2D eigenvalue weighted by atomic mass is 9.92. The highest BCUT2D eigenvalue weighted by atomic mass is 32.1. The van der Waals surface area contributed by atoms with Gasteiger partial charge in [0.1, 0.15) is 16.5 Å². The number of thiazole rings is 1. The Balaban J connectivity index is 1.38. The molecule has 0 saturated carbocycles. The zero-order valence-corrected chi connectivity index (χ0v) is 18.6. The maximum absolute atomic E-state index is 13.5. The van der Waals surface area contributed by atoms with Gasteiger partial charge in [0.25, 0.3) is 0 Å². The molecule has 0 unspecified atom stereocenters. The minimum Gasteiger partial charge on any atom is -0.396 e. The summed E-state index contributed by atoms with van der Waals surface area (Å²) in [6.45, 7) is 2.33. The van der Waals surface area contributed by atoms with E-state index in [1.165, 1.54) is 23.9 Å². The van der Waals surface area contributed by atoms with Crippen molar-refractivity contribution in [2.75, 3.05) is 35.6 Å². The second-order valence-corrected chi connectivity index (χ2v) is 9.04. The highest BCUT2D eigenvalue weighted by Gasteiger charge is 2.20. The minimum atomic E-state index is -0.466. The lowest BCUT2D eigenvalue weighted by Gasteiger charge is -2.33. The molecule has 3 aromatic rings. The maximum atomic E-state index is 13.5. The Labute approximate surface area is 190 Å². The SMILES string of the molecule is Nc1nc(Nc2ccc(N3CCC(CCCO)CC3)cc2)sc1C(=O)c1cccc(F)c1. The zero-order chi connectivity index (χ0) is 22.5. The summed E-state index contributed by atoms with van der Waals surface area (Å²) in [7, 11) is 0. The first-order chi connectivity index (χ1) is 15.5. The first kappa shape index (κ1) is 22.2. The van der Waals surface area contributed by atoms with Gasteiger partial charge in [0.2, 0.25) is 5.78 Å². The number of rotatable bonds is 8. The van der Waals surface area contributed by atoms with E-state index in [0.717, 1.165) is 55.8 Å². The van der Waals surface area contributed by atoms with E-state index >= 15 is 0 Å². The molecule has 1 saturated heterocycles. The molecular formula is C24H27FN4O2S. The van der Waals surface area contributed by atoms with E-state index < -0.39 is 5.82 Å². The number of aliphatic hydroxyl groups excluding tert-OH is 1. The molecular weight excluding hydrogens is 427 g/mol. The van der Waals surface area contributed by atoms with Crippen LogP contribution in [-0.2, 0) is 0 Å². The van der Waals surface area contributed by atoms with E-state index in [0.29, 0.717) is 15.9 Å². The number of aliphatic hydroxyl groups is 1. The molecule has 0 atom stereocenters. The fourth-order valence-corrected chi connectivity index (χ4v) is 4.91. The molecule has 2 aromatic carbocycles. The van der Waals surface area contributed by atoms with Gasteiger partial charge >= 0.3 is 0 Å². The number of carbonyl (C=O) groups excluding carboxylic acids is 1. The number of nitrogen functional groups attached to an aromatic ring is 1. The molecule has 0 radical (unpaired) electrons. The van der Waals surface area contributed by atoms with Crippen LogP contribution in [0.5, 0.6) is 0 Å². The Morgan fingerprint density at radius 3 is 2.66 bits per heavy atom. The van der Waals surface area contributed by atoms with Gasteiger partial charge in [-0.15, -0.1) is 0 Å². The monoisotopic (exact) mass is 454 g/mol. The lowest BCUT2D eigenvalue weighted by Crippen LogP contribution is -2.33. The summed E-state index contributed by atoms with van der Waals surface area (Å²) in [5, 5.41) is 12.7. The Bertz CT molecular complexity index is 1060. The third-order valence-electron chi connectivity index (χ3n) is 5.82. The van der Waals surface area contributed by atoms with Gasteiger partial charge in [-0.3, -0.25) is 4.79 Å². The summed E-state index contributed by atoms with van der Waals surface area (Å²) in [5.41, 5.74) is 8.23. The molecule has 1 fully saturated rings. The molecule has 8 heteroatoms. The number of nitrogens with zero attached hydrogens (tertiary/aromatic N) is 2. The zero-order valence-electron chi connectivity index (χ0n) is 17.8. The van der Waals surface area contributed by atoms with Crippen molar-refractivity contribution < 1.29 is 14.3 Å². The average molecular weight is 455 g/mol. The molecule has 1 aromatic heterocycles. The van der Waals surface area contributed by atoms with Gasteiger partial charge in [-0.25, -0.2) is 9.37 Å². The van der Waals surface area contributed by atoms with Gasteiger partial charge in [0, 0.05) is 36.6 Å². The summed E-state index contributed by atoms with van der Waals surface area (Å²) in [6.07, 6.45) is 4.30. The van der Waals surface area contributed by atoms with Crippen molar-refractivity contribution in [1.82, 2.24) is 4.98 Å². The summed E-state index contributed by atoms with van der Waals surface area (Å²) in [5.74, 6) is 0.0310. The third kappa shape index (κ3) is 5.26. The molecule has 32 heavy (non-hydrogen) atoms. The molecule has 0 aliphatic carbocycles. The number of nitrogens with one attached hydrogen (secondary N) is 1. The number of benzene rings is 2. The van der Waals surface area contributed by atoms with Gasteiger partial charge < -0.3 is 21.1 Å². The maximum Gasteiger partial charge on any atom is 0.206 e. The minimum absolute atomic E-state index is 0.132. The summed E-state index contributed by atoms with van der Waals surface area (Å²) >= 11 is 1.15. The van der Waals surface area contributed by atoms with E-state index in [1.54, 1.807) is 6.07 Å². The Kier molecular flexibility index (Phi) is 7.02.